The number of halogens is 1. The molecule has 0 radical (unpaired) electrons. The van der Waals surface area contributed by atoms with E-state index in [2.05, 4.69) is 27.9 Å². The Kier molecular flexibility index (Phi) is 4.19. The summed E-state index contributed by atoms with van der Waals surface area (Å²) in [6.45, 7) is 2.70. The average Bonchev–Trinajstić information content (AvgIpc) is 2.14. The summed E-state index contributed by atoms with van der Waals surface area (Å²) in [5.41, 5.74) is 6.82. The molecule has 0 unspecified atom stereocenters. The van der Waals surface area contributed by atoms with E-state index >= 15 is 0 Å². The van der Waals surface area contributed by atoms with E-state index in [1.54, 1.807) is 12.1 Å². The quantitative estimate of drug-likeness (QED) is 0.663. The molecule has 76 valence electrons. The molecule has 0 aliphatic heterocycles. The molecule has 14 heavy (non-hydrogen) atoms. The number of hydrogen-bond acceptors (Lipinski definition) is 2. The molecule has 0 saturated carbocycles. The van der Waals surface area contributed by atoms with E-state index in [-0.39, 0.29) is 5.91 Å². The van der Waals surface area contributed by atoms with E-state index in [1.807, 2.05) is 13.0 Å². The fourth-order valence-corrected chi connectivity index (χ4v) is 1.59. The van der Waals surface area contributed by atoms with Crippen LogP contribution in [0.15, 0.2) is 18.2 Å². The zero-order chi connectivity index (χ0) is 10.6. The predicted octanol–water partition coefficient (Wildman–Crippen LogP) is 2.01. The van der Waals surface area contributed by atoms with Gasteiger partial charge in [-0.2, -0.15) is 0 Å². The summed E-state index contributed by atoms with van der Waals surface area (Å²) in [4.78, 5) is 11.5. The highest BCUT2D eigenvalue weighted by Gasteiger charge is 2.08. The first-order valence-electron chi connectivity index (χ1n) is 4.48. The summed E-state index contributed by atoms with van der Waals surface area (Å²) in [6, 6.07) is 5.42. The maximum absolute atomic E-state index is 11.5. The van der Waals surface area contributed by atoms with Crippen LogP contribution in [0.25, 0.3) is 0 Å². The third-order valence-corrected chi connectivity index (χ3v) is 2.46. The Morgan fingerprint density at radius 3 is 2.86 bits per heavy atom. The van der Waals surface area contributed by atoms with Crippen LogP contribution < -0.4 is 11.1 Å². The summed E-state index contributed by atoms with van der Waals surface area (Å²) in [7, 11) is 0. The maximum Gasteiger partial charge on any atom is 0.253 e. The van der Waals surface area contributed by atoms with Gasteiger partial charge in [0.1, 0.15) is 0 Å². The summed E-state index contributed by atoms with van der Waals surface area (Å²) in [6.07, 6.45) is 0.927. The first-order chi connectivity index (χ1) is 6.65. The molecule has 0 spiro atoms. The topological polar surface area (TPSA) is 55.1 Å². The van der Waals surface area contributed by atoms with Crippen LogP contribution in [-0.4, -0.2) is 12.5 Å². The number of amides is 1. The molecule has 0 heterocycles. The summed E-state index contributed by atoms with van der Waals surface area (Å²) < 4.78 is 1.03. The molecule has 0 atom stereocenters. The van der Waals surface area contributed by atoms with Gasteiger partial charge in [-0.3, -0.25) is 4.79 Å². The smallest absolute Gasteiger partial charge is 0.253 e. The van der Waals surface area contributed by atoms with Gasteiger partial charge in [-0.25, -0.2) is 0 Å². The highest BCUT2D eigenvalue weighted by atomic mass is 127. The minimum Gasteiger partial charge on any atom is -0.398 e. The van der Waals surface area contributed by atoms with Crippen LogP contribution in [0.4, 0.5) is 5.69 Å². The highest BCUT2D eigenvalue weighted by Crippen LogP contribution is 2.15. The van der Waals surface area contributed by atoms with Gasteiger partial charge >= 0.3 is 0 Å². The largest absolute Gasteiger partial charge is 0.398 e. The van der Waals surface area contributed by atoms with Gasteiger partial charge in [-0.05, 0) is 47.2 Å². The molecule has 0 aliphatic carbocycles. The summed E-state index contributed by atoms with van der Waals surface area (Å²) in [5, 5.41) is 2.79. The van der Waals surface area contributed by atoms with Crippen LogP contribution in [-0.2, 0) is 0 Å². The lowest BCUT2D eigenvalue weighted by molar-refractivity contribution is 0.0954. The molecule has 0 fully saturated rings. The van der Waals surface area contributed by atoms with Gasteiger partial charge in [-0.1, -0.05) is 6.92 Å². The Hall–Kier alpha value is -0.780. The third-order valence-electron chi connectivity index (χ3n) is 1.79. The SMILES string of the molecule is CCCNC(=O)c1ccc(I)cc1N. The zero-order valence-electron chi connectivity index (χ0n) is 8.01. The molecule has 3 nitrogen and oxygen atoms in total. The fraction of sp³-hybridized carbons (Fsp3) is 0.300. The van der Waals surface area contributed by atoms with Crippen LogP contribution in [0.5, 0.6) is 0 Å². The Labute approximate surface area is 97.2 Å². The van der Waals surface area contributed by atoms with E-state index in [1.165, 1.54) is 0 Å². The van der Waals surface area contributed by atoms with Gasteiger partial charge < -0.3 is 11.1 Å². The van der Waals surface area contributed by atoms with Gasteiger partial charge in [0.2, 0.25) is 0 Å². The molecule has 0 saturated heterocycles. The fourth-order valence-electron chi connectivity index (χ4n) is 1.07. The standard InChI is InChI=1S/C10H13IN2O/c1-2-5-13-10(14)8-4-3-7(11)6-9(8)12/h3-4,6H,2,5,12H2,1H3,(H,13,14). The van der Waals surface area contributed by atoms with Crippen molar-refractivity contribution in [3.05, 3.63) is 27.3 Å². The third kappa shape index (κ3) is 2.87. The predicted molar refractivity (Wildman–Crippen MR) is 66.2 cm³/mol. The van der Waals surface area contributed by atoms with Crippen molar-refractivity contribution in [3.63, 3.8) is 0 Å². The van der Waals surface area contributed by atoms with Crippen molar-refractivity contribution in [1.82, 2.24) is 5.32 Å². The van der Waals surface area contributed by atoms with Crippen LogP contribution in [0.3, 0.4) is 0 Å². The van der Waals surface area contributed by atoms with Gasteiger partial charge in [-0.15, -0.1) is 0 Å². The van der Waals surface area contributed by atoms with Gasteiger partial charge in [0, 0.05) is 15.8 Å². The lowest BCUT2D eigenvalue weighted by Crippen LogP contribution is -2.24. The van der Waals surface area contributed by atoms with E-state index in [0.29, 0.717) is 17.8 Å². The normalized spacial score (nSPS) is 9.86. The first-order valence-corrected chi connectivity index (χ1v) is 5.56. The van der Waals surface area contributed by atoms with Gasteiger partial charge in [0.05, 0.1) is 5.56 Å². The number of carbonyl (C=O) groups excluding carboxylic acids is 1. The molecular formula is C10H13IN2O. The maximum atomic E-state index is 11.5. The van der Waals surface area contributed by atoms with Crippen molar-refractivity contribution in [2.24, 2.45) is 0 Å². The Bertz CT molecular complexity index is 339. The number of anilines is 1. The minimum atomic E-state index is -0.0965. The number of nitrogen functional groups attached to an aromatic ring is 1. The Balaban J connectivity index is 2.80. The summed E-state index contributed by atoms with van der Waals surface area (Å²) in [5.74, 6) is -0.0965. The zero-order valence-corrected chi connectivity index (χ0v) is 10.2. The Morgan fingerprint density at radius 2 is 2.29 bits per heavy atom. The molecule has 3 N–H and O–H groups in total. The van der Waals surface area contributed by atoms with E-state index in [0.717, 1.165) is 9.99 Å². The lowest BCUT2D eigenvalue weighted by Gasteiger charge is -2.06. The van der Waals surface area contributed by atoms with Crippen LogP contribution in [0.2, 0.25) is 0 Å². The average molecular weight is 304 g/mol. The number of rotatable bonds is 3. The highest BCUT2D eigenvalue weighted by molar-refractivity contribution is 14.1. The Morgan fingerprint density at radius 1 is 1.57 bits per heavy atom. The van der Waals surface area contributed by atoms with E-state index in [9.17, 15) is 4.79 Å². The number of carbonyl (C=O) groups is 1. The van der Waals surface area contributed by atoms with Crippen molar-refractivity contribution in [3.8, 4) is 0 Å². The minimum absolute atomic E-state index is 0.0965. The second kappa shape index (κ2) is 5.19. The molecule has 1 aromatic rings. The van der Waals surface area contributed by atoms with Crippen LogP contribution in [0.1, 0.15) is 23.7 Å². The number of benzene rings is 1. The molecular weight excluding hydrogens is 291 g/mol. The van der Waals surface area contributed by atoms with Crippen molar-refractivity contribution < 1.29 is 4.79 Å². The second-order valence-corrected chi connectivity index (χ2v) is 4.23. The number of nitrogens with two attached hydrogens (primary N) is 1. The second-order valence-electron chi connectivity index (χ2n) is 2.99. The molecule has 0 aliphatic rings. The molecule has 1 rings (SSSR count). The summed E-state index contributed by atoms with van der Waals surface area (Å²) >= 11 is 2.16. The molecule has 4 heteroatoms. The van der Waals surface area contributed by atoms with Crippen molar-refractivity contribution in [2.45, 2.75) is 13.3 Å². The van der Waals surface area contributed by atoms with Crippen molar-refractivity contribution >= 4 is 34.2 Å². The van der Waals surface area contributed by atoms with Gasteiger partial charge in [0.25, 0.3) is 5.91 Å². The van der Waals surface area contributed by atoms with Crippen molar-refractivity contribution in [2.75, 3.05) is 12.3 Å². The van der Waals surface area contributed by atoms with E-state index < -0.39 is 0 Å². The van der Waals surface area contributed by atoms with Crippen LogP contribution in [0, 0.1) is 3.57 Å². The monoisotopic (exact) mass is 304 g/mol. The number of nitrogens with one attached hydrogen (secondary N) is 1. The van der Waals surface area contributed by atoms with Gasteiger partial charge in [0.15, 0.2) is 0 Å². The number of hydrogen-bond donors (Lipinski definition) is 2. The first kappa shape index (κ1) is 11.3. The molecule has 1 aromatic carbocycles. The van der Waals surface area contributed by atoms with E-state index in [4.69, 9.17) is 5.73 Å². The molecule has 0 bridgehead atoms. The molecule has 1 amide bonds. The van der Waals surface area contributed by atoms with Crippen LogP contribution >= 0.6 is 22.6 Å². The molecule has 0 aromatic heterocycles. The lowest BCUT2D eigenvalue weighted by atomic mass is 10.1. The van der Waals surface area contributed by atoms with Crippen molar-refractivity contribution in [1.29, 1.82) is 0 Å².